The second kappa shape index (κ2) is 8.62. The van der Waals surface area contributed by atoms with Crippen molar-refractivity contribution in [3.05, 3.63) is 48.3 Å². The molecule has 2 atom stereocenters. The van der Waals surface area contributed by atoms with Gasteiger partial charge in [-0.15, -0.1) is 0 Å². The van der Waals surface area contributed by atoms with Gasteiger partial charge in [-0.3, -0.25) is 4.79 Å². The Labute approximate surface area is 175 Å². The number of hydrogen-bond acceptors (Lipinski definition) is 7. The summed E-state index contributed by atoms with van der Waals surface area (Å²) in [6, 6.07) is 10.1. The van der Waals surface area contributed by atoms with Crippen molar-refractivity contribution in [3.63, 3.8) is 0 Å². The summed E-state index contributed by atoms with van der Waals surface area (Å²) in [6.45, 7) is 0. The number of rotatable bonds is 6. The number of nitrogens with two attached hydrogens (primary N) is 1. The fraction of sp³-hybridized carbons (Fsp3) is 0.364. The van der Waals surface area contributed by atoms with Crippen LogP contribution < -0.4 is 21.3 Å². The lowest BCUT2D eigenvalue weighted by molar-refractivity contribution is 0.100. The van der Waals surface area contributed by atoms with Crippen molar-refractivity contribution in [2.75, 3.05) is 24.3 Å². The number of fused-ring (bicyclic) bond motifs is 1. The molecule has 8 heteroatoms. The predicted molar refractivity (Wildman–Crippen MR) is 119 cm³/mol. The van der Waals surface area contributed by atoms with E-state index in [0.717, 1.165) is 29.7 Å². The fourth-order valence-electron chi connectivity index (χ4n) is 4.19. The number of anilines is 3. The van der Waals surface area contributed by atoms with Crippen molar-refractivity contribution < 1.29 is 4.79 Å². The van der Waals surface area contributed by atoms with Crippen molar-refractivity contribution in [1.29, 1.82) is 0 Å². The highest BCUT2D eigenvalue weighted by Gasteiger charge is 2.28. The molecule has 1 fully saturated rings. The highest BCUT2D eigenvalue weighted by Crippen LogP contribution is 2.28. The molecule has 3 heterocycles. The van der Waals surface area contributed by atoms with E-state index in [4.69, 9.17) is 10.7 Å². The molecule has 0 radical (unpaired) electrons. The van der Waals surface area contributed by atoms with Gasteiger partial charge >= 0.3 is 0 Å². The Morgan fingerprint density at radius 1 is 1.20 bits per heavy atom. The van der Waals surface area contributed by atoms with Gasteiger partial charge in [-0.1, -0.05) is 12.8 Å². The molecule has 4 rings (SSSR count). The summed E-state index contributed by atoms with van der Waals surface area (Å²) in [5, 5.41) is 7.56. The van der Waals surface area contributed by atoms with E-state index in [2.05, 4.69) is 32.5 Å². The number of nitrogens with one attached hydrogen (secondary N) is 2. The number of primary amides is 1. The minimum absolute atomic E-state index is 0.340. The number of pyridine rings is 3. The van der Waals surface area contributed by atoms with Gasteiger partial charge in [-0.2, -0.15) is 0 Å². The van der Waals surface area contributed by atoms with E-state index >= 15 is 0 Å². The van der Waals surface area contributed by atoms with Crippen molar-refractivity contribution in [2.24, 2.45) is 5.73 Å². The van der Waals surface area contributed by atoms with Gasteiger partial charge < -0.3 is 21.3 Å². The summed E-state index contributed by atoms with van der Waals surface area (Å²) in [5.41, 5.74) is 7.32. The molecule has 30 heavy (non-hydrogen) atoms. The molecular weight excluding hydrogens is 378 g/mol. The third kappa shape index (κ3) is 4.04. The molecule has 0 aromatic carbocycles. The Morgan fingerprint density at radius 2 is 2.03 bits per heavy atom. The van der Waals surface area contributed by atoms with Crippen LogP contribution >= 0.6 is 0 Å². The zero-order valence-electron chi connectivity index (χ0n) is 17.3. The van der Waals surface area contributed by atoms with E-state index in [9.17, 15) is 4.79 Å². The van der Waals surface area contributed by atoms with Crippen LogP contribution in [0.1, 0.15) is 36.0 Å². The quantitative estimate of drug-likeness (QED) is 0.578. The smallest absolute Gasteiger partial charge is 0.252 e. The number of hydrogen-bond donors (Lipinski definition) is 3. The molecule has 4 N–H and O–H groups in total. The topological polar surface area (TPSA) is 109 Å². The first kappa shape index (κ1) is 20.0. The number of likely N-dealkylation sites (N-methyl/N-ethyl adjacent to an activating group) is 2. The number of amides is 1. The third-order valence-electron chi connectivity index (χ3n) is 5.82. The first-order chi connectivity index (χ1) is 14.6. The molecule has 1 aliphatic carbocycles. The van der Waals surface area contributed by atoms with Gasteiger partial charge in [0.15, 0.2) is 5.65 Å². The Balaban J connectivity index is 1.66. The van der Waals surface area contributed by atoms with E-state index in [0.29, 0.717) is 29.1 Å². The SMILES string of the molecule is CNC1CCCCC1N(C)c1ccc(C(N)=O)c(Nc2cnc3ncccc3c2)n1. The van der Waals surface area contributed by atoms with Crippen LogP contribution in [0.15, 0.2) is 42.7 Å². The first-order valence-corrected chi connectivity index (χ1v) is 10.3. The molecule has 8 nitrogen and oxygen atoms in total. The molecule has 3 aromatic heterocycles. The van der Waals surface area contributed by atoms with Crippen LogP contribution in [-0.4, -0.2) is 47.0 Å². The maximum Gasteiger partial charge on any atom is 0.252 e. The molecule has 0 spiro atoms. The van der Waals surface area contributed by atoms with Crippen molar-refractivity contribution in [2.45, 2.75) is 37.8 Å². The molecule has 0 saturated heterocycles. The van der Waals surface area contributed by atoms with Crippen LogP contribution in [0.5, 0.6) is 0 Å². The lowest BCUT2D eigenvalue weighted by Gasteiger charge is -2.38. The lowest BCUT2D eigenvalue weighted by Crippen LogP contribution is -2.49. The van der Waals surface area contributed by atoms with Gasteiger partial charge in [-0.05, 0) is 50.2 Å². The Bertz CT molecular complexity index is 1050. The molecule has 0 bridgehead atoms. The van der Waals surface area contributed by atoms with E-state index in [-0.39, 0.29) is 0 Å². The lowest BCUT2D eigenvalue weighted by atomic mass is 9.89. The minimum atomic E-state index is -0.527. The van der Waals surface area contributed by atoms with Gasteiger partial charge in [0, 0.05) is 30.7 Å². The third-order valence-corrected chi connectivity index (χ3v) is 5.82. The van der Waals surface area contributed by atoms with Gasteiger partial charge in [0.2, 0.25) is 0 Å². The maximum absolute atomic E-state index is 12.0. The van der Waals surface area contributed by atoms with E-state index < -0.39 is 5.91 Å². The second-order valence-corrected chi connectivity index (χ2v) is 7.69. The van der Waals surface area contributed by atoms with Gasteiger partial charge in [0.25, 0.3) is 5.91 Å². The summed E-state index contributed by atoms with van der Waals surface area (Å²) in [7, 11) is 4.06. The normalized spacial score (nSPS) is 18.9. The zero-order chi connectivity index (χ0) is 21.1. The summed E-state index contributed by atoms with van der Waals surface area (Å²) < 4.78 is 0. The van der Waals surface area contributed by atoms with Crippen LogP contribution in [0.3, 0.4) is 0 Å². The van der Waals surface area contributed by atoms with Crippen LogP contribution in [0.2, 0.25) is 0 Å². The van der Waals surface area contributed by atoms with Crippen LogP contribution in [0.25, 0.3) is 11.0 Å². The molecule has 1 amide bonds. The average molecular weight is 406 g/mol. The molecule has 3 aromatic rings. The molecule has 1 saturated carbocycles. The summed E-state index contributed by atoms with van der Waals surface area (Å²) in [4.78, 5) is 27.6. The average Bonchev–Trinajstić information content (AvgIpc) is 2.78. The van der Waals surface area contributed by atoms with E-state index in [1.165, 1.54) is 12.8 Å². The highest BCUT2D eigenvalue weighted by molar-refractivity contribution is 5.98. The van der Waals surface area contributed by atoms with E-state index in [1.54, 1.807) is 18.5 Å². The minimum Gasteiger partial charge on any atom is -0.365 e. The van der Waals surface area contributed by atoms with Gasteiger partial charge in [0.05, 0.1) is 17.4 Å². The number of aromatic nitrogens is 3. The van der Waals surface area contributed by atoms with Crippen LogP contribution in [0.4, 0.5) is 17.3 Å². The Morgan fingerprint density at radius 3 is 2.83 bits per heavy atom. The first-order valence-electron chi connectivity index (χ1n) is 10.3. The Hall–Kier alpha value is -3.26. The molecule has 2 unspecified atom stereocenters. The zero-order valence-corrected chi connectivity index (χ0v) is 17.3. The number of carbonyl (C=O) groups excluding carboxylic acids is 1. The molecule has 156 valence electrons. The highest BCUT2D eigenvalue weighted by atomic mass is 16.1. The molecule has 0 aliphatic heterocycles. The van der Waals surface area contributed by atoms with Crippen LogP contribution in [-0.2, 0) is 0 Å². The summed E-state index contributed by atoms with van der Waals surface area (Å²) in [6.07, 6.45) is 8.07. The monoisotopic (exact) mass is 405 g/mol. The fourth-order valence-corrected chi connectivity index (χ4v) is 4.19. The number of carbonyl (C=O) groups is 1. The van der Waals surface area contributed by atoms with Crippen molar-refractivity contribution >= 4 is 34.3 Å². The van der Waals surface area contributed by atoms with Crippen molar-refractivity contribution in [3.8, 4) is 0 Å². The van der Waals surface area contributed by atoms with Gasteiger partial charge in [0.1, 0.15) is 11.6 Å². The predicted octanol–water partition coefficient (Wildman–Crippen LogP) is 2.83. The second-order valence-electron chi connectivity index (χ2n) is 7.69. The molecule has 1 aliphatic rings. The largest absolute Gasteiger partial charge is 0.365 e. The standard InChI is InChI=1S/C22H27N7O/c1-24-17-7-3-4-8-18(17)29(2)19-10-9-16(20(23)30)22(28-19)27-15-12-14-6-5-11-25-21(14)26-13-15/h5-6,9-13,17-18,24H,3-4,7-8H2,1-2H3,(H2,23,30)(H,27,28). The van der Waals surface area contributed by atoms with Gasteiger partial charge in [-0.25, -0.2) is 15.0 Å². The van der Waals surface area contributed by atoms with Crippen LogP contribution in [0, 0.1) is 0 Å². The van der Waals surface area contributed by atoms with E-state index in [1.807, 2.05) is 31.3 Å². The molecular formula is C22H27N7O. The number of nitrogens with zero attached hydrogens (tertiary/aromatic N) is 4. The summed E-state index contributed by atoms with van der Waals surface area (Å²) in [5.74, 6) is 0.694. The maximum atomic E-state index is 12.0. The summed E-state index contributed by atoms with van der Waals surface area (Å²) >= 11 is 0. The Kier molecular flexibility index (Phi) is 5.76. The van der Waals surface area contributed by atoms with Crippen molar-refractivity contribution in [1.82, 2.24) is 20.3 Å².